The number of aliphatic hydroxyl groups is 1. The maximum absolute atomic E-state index is 12.2. The van der Waals surface area contributed by atoms with Crippen LogP contribution in [0.2, 0.25) is 0 Å². The number of hydrogen-bond donors (Lipinski definition) is 2. The molecule has 0 saturated heterocycles. The topological polar surface area (TPSA) is 66.4 Å². The molecule has 4 nitrogen and oxygen atoms in total. The van der Waals surface area contributed by atoms with Crippen molar-refractivity contribution < 1.29 is 14.1 Å². The number of amides is 1. The Balaban J connectivity index is 2.00. The van der Waals surface area contributed by atoms with Gasteiger partial charge in [0.2, 0.25) is 0 Å². The van der Waals surface area contributed by atoms with Gasteiger partial charge in [-0.2, -0.15) is 0 Å². The van der Waals surface area contributed by atoms with Crippen LogP contribution in [0.15, 0.2) is 59.5 Å². The zero-order valence-corrected chi connectivity index (χ0v) is 13.9. The predicted molar refractivity (Wildman–Crippen MR) is 92.0 cm³/mol. The standard InChI is InChI=1S/C18H21NO3S/c1-23(22)17-9-7-15(8-10-17)18(21)19-13-16(11-12-20)14-5-3-2-4-6-14/h2-10,16,20H,11-13H2,1H3,(H,19,21). The van der Waals surface area contributed by atoms with Gasteiger partial charge in [-0.3, -0.25) is 9.00 Å². The van der Waals surface area contributed by atoms with Gasteiger partial charge in [0.05, 0.1) is 0 Å². The molecule has 0 fully saturated rings. The lowest BCUT2D eigenvalue weighted by molar-refractivity contribution is 0.0949. The summed E-state index contributed by atoms with van der Waals surface area (Å²) in [7, 11) is -1.05. The number of carbonyl (C=O) groups is 1. The second-order valence-corrected chi connectivity index (χ2v) is 6.69. The molecule has 2 rings (SSSR count). The third kappa shape index (κ3) is 5.01. The Morgan fingerprint density at radius 2 is 1.78 bits per heavy atom. The van der Waals surface area contributed by atoms with Gasteiger partial charge in [-0.05, 0) is 36.2 Å². The minimum Gasteiger partial charge on any atom is -0.396 e. The van der Waals surface area contributed by atoms with Crippen molar-refractivity contribution in [3.05, 3.63) is 65.7 Å². The van der Waals surface area contributed by atoms with Gasteiger partial charge in [0.25, 0.3) is 5.91 Å². The quantitative estimate of drug-likeness (QED) is 0.818. The van der Waals surface area contributed by atoms with E-state index < -0.39 is 10.8 Å². The van der Waals surface area contributed by atoms with Crippen molar-refractivity contribution in [2.75, 3.05) is 19.4 Å². The van der Waals surface area contributed by atoms with Crippen molar-refractivity contribution in [2.45, 2.75) is 17.2 Å². The fourth-order valence-corrected chi connectivity index (χ4v) is 2.90. The van der Waals surface area contributed by atoms with E-state index in [4.69, 9.17) is 0 Å². The van der Waals surface area contributed by atoms with Gasteiger partial charge in [-0.15, -0.1) is 0 Å². The summed E-state index contributed by atoms with van der Waals surface area (Å²) in [6.07, 6.45) is 2.20. The molecule has 0 aromatic heterocycles. The summed E-state index contributed by atoms with van der Waals surface area (Å²) in [6.45, 7) is 0.539. The highest BCUT2D eigenvalue weighted by Gasteiger charge is 2.13. The fourth-order valence-electron chi connectivity index (χ4n) is 2.38. The first kappa shape index (κ1) is 17.4. The normalized spacial score (nSPS) is 13.3. The number of hydrogen-bond acceptors (Lipinski definition) is 3. The first-order chi connectivity index (χ1) is 11.1. The van der Waals surface area contributed by atoms with Gasteiger partial charge < -0.3 is 10.4 Å². The average Bonchev–Trinajstić information content (AvgIpc) is 2.59. The lowest BCUT2D eigenvalue weighted by Crippen LogP contribution is -2.28. The van der Waals surface area contributed by atoms with Gasteiger partial charge in [0, 0.05) is 46.6 Å². The highest BCUT2D eigenvalue weighted by molar-refractivity contribution is 7.84. The molecule has 0 heterocycles. The molecule has 2 aromatic rings. The highest BCUT2D eigenvalue weighted by Crippen LogP contribution is 2.18. The second kappa shape index (κ2) is 8.60. The van der Waals surface area contributed by atoms with E-state index in [9.17, 15) is 14.1 Å². The molecule has 0 bridgehead atoms. The van der Waals surface area contributed by atoms with Crippen LogP contribution in [0.4, 0.5) is 0 Å². The molecule has 5 heteroatoms. The van der Waals surface area contributed by atoms with Gasteiger partial charge >= 0.3 is 0 Å². The molecule has 2 unspecified atom stereocenters. The third-order valence-corrected chi connectivity index (χ3v) is 4.64. The Kier molecular flexibility index (Phi) is 6.50. The van der Waals surface area contributed by atoms with Crippen molar-refractivity contribution >= 4 is 16.7 Å². The summed E-state index contributed by atoms with van der Waals surface area (Å²) >= 11 is 0. The van der Waals surface area contributed by atoms with Crippen molar-refractivity contribution in [3.8, 4) is 0 Å². The molecular weight excluding hydrogens is 310 g/mol. The Bertz CT molecular complexity index is 656. The van der Waals surface area contributed by atoms with Gasteiger partial charge in [0.1, 0.15) is 0 Å². The van der Waals surface area contributed by atoms with Crippen LogP contribution in [-0.2, 0) is 10.8 Å². The molecule has 2 N–H and O–H groups in total. The van der Waals surface area contributed by atoms with Gasteiger partial charge in [0.15, 0.2) is 0 Å². The Hall–Kier alpha value is -1.98. The van der Waals surface area contributed by atoms with Crippen LogP contribution < -0.4 is 5.32 Å². The number of nitrogens with one attached hydrogen (secondary N) is 1. The Labute approximate surface area is 139 Å². The predicted octanol–water partition coefficient (Wildman–Crippen LogP) is 2.32. The van der Waals surface area contributed by atoms with E-state index in [1.807, 2.05) is 30.3 Å². The molecule has 0 aliphatic heterocycles. The van der Waals surface area contributed by atoms with Crippen LogP contribution in [0.25, 0.3) is 0 Å². The smallest absolute Gasteiger partial charge is 0.251 e. The molecule has 0 saturated carbocycles. The van der Waals surface area contributed by atoms with Crippen LogP contribution in [0.5, 0.6) is 0 Å². The minimum absolute atomic E-state index is 0.0758. The maximum atomic E-state index is 12.2. The molecule has 0 radical (unpaired) electrons. The first-order valence-electron chi connectivity index (χ1n) is 7.49. The zero-order valence-electron chi connectivity index (χ0n) is 13.1. The van der Waals surface area contributed by atoms with Gasteiger partial charge in [-0.25, -0.2) is 0 Å². The Morgan fingerprint density at radius 3 is 2.35 bits per heavy atom. The number of benzene rings is 2. The molecule has 23 heavy (non-hydrogen) atoms. The van der Waals surface area contributed by atoms with Crippen molar-refractivity contribution in [2.24, 2.45) is 0 Å². The van der Waals surface area contributed by atoms with E-state index in [0.717, 1.165) is 5.56 Å². The molecule has 122 valence electrons. The summed E-state index contributed by atoms with van der Waals surface area (Å²) in [5, 5.41) is 12.1. The Morgan fingerprint density at radius 1 is 1.13 bits per heavy atom. The summed E-state index contributed by atoms with van der Waals surface area (Å²) in [6, 6.07) is 16.6. The summed E-state index contributed by atoms with van der Waals surface area (Å²) in [5.41, 5.74) is 1.63. The fraction of sp³-hybridized carbons (Fsp3) is 0.278. The number of rotatable bonds is 7. The van der Waals surface area contributed by atoms with Crippen molar-refractivity contribution in [1.82, 2.24) is 5.32 Å². The van der Waals surface area contributed by atoms with Crippen LogP contribution in [0, 0.1) is 0 Å². The number of aliphatic hydroxyl groups excluding tert-OH is 1. The van der Waals surface area contributed by atoms with Crippen molar-refractivity contribution in [1.29, 1.82) is 0 Å². The summed E-state index contributed by atoms with van der Waals surface area (Å²) < 4.78 is 11.4. The SMILES string of the molecule is CS(=O)c1ccc(C(=O)NCC(CCO)c2ccccc2)cc1. The lowest BCUT2D eigenvalue weighted by Gasteiger charge is -2.17. The monoisotopic (exact) mass is 331 g/mol. The van der Waals surface area contributed by atoms with E-state index in [-0.39, 0.29) is 18.4 Å². The summed E-state index contributed by atoms with van der Waals surface area (Å²) in [4.78, 5) is 12.9. The van der Waals surface area contributed by atoms with Crippen LogP contribution in [0.1, 0.15) is 28.3 Å². The molecule has 0 aliphatic carbocycles. The molecule has 0 aliphatic rings. The van der Waals surface area contributed by atoms with Crippen LogP contribution in [0.3, 0.4) is 0 Å². The largest absolute Gasteiger partial charge is 0.396 e. The molecule has 0 spiro atoms. The lowest BCUT2D eigenvalue weighted by atomic mass is 9.96. The summed E-state index contributed by atoms with van der Waals surface area (Å²) in [5.74, 6) is -0.0927. The molecule has 2 atom stereocenters. The van der Waals surface area contributed by atoms with E-state index in [0.29, 0.717) is 23.4 Å². The number of carbonyl (C=O) groups excluding carboxylic acids is 1. The van der Waals surface area contributed by atoms with E-state index in [1.54, 1.807) is 30.5 Å². The second-order valence-electron chi connectivity index (χ2n) is 5.31. The average molecular weight is 331 g/mol. The molecule has 1 amide bonds. The van der Waals surface area contributed by atoms with E-state index in [1.165, 1.54) is 0 Å². The van der Waals surface area contributed by atoms with Gasteiger partial charge in [-0.1, -0.05) is 30.3 Å². The maximum Gasteiger partial charge on any atom is 0.251 e. The highest BCUT2D eigenvalue weighted by atomic mass is 32.2. The third-order valence-electron chi connectivity index (χ3n) is 3.71. The molecular formula is C18H21NO3S. The van der Waals surface area contributed by atoms with Crippen LogP contribution in [-0.4, -0.2) is 34.6 Å². The van der Waals surface area contributed by atoms with E-state index >= 15 is 0 Å². The van der Waals surface area contributed by atoms with Crippen LogP contribution >= 0.6 is 0 Å². The van der Waals surface area contributed by atoms with Crippen molar-refractivity contribution in [3.63, 3.8) is 0 Å². The molecule has 2 aromatic carbocycles. The minimum atomic E-state index is -1.05. The zero-order chi connectivity index (χ0) is 16.7. The van der Waals surface area contributed by atoms with E-state index in [2.05, 4.69) is 5.32 Å². The first-order valence-corrected chi connectivity index (χ1v) is 9.05.